The number of carbonyl (C=O) groups is 1. The van der Waals surface area contributed by atoms with Crippen molar-refractivity contribution < 1.29 is 19.4 Å². The van der Waals surface area contributed by atoms with Gasteiger partial charge in [-0.15, -0.1) is 0 Å². The number of hydrogen-bond acceptors (Lipinski definition) is 4. The van der Waals surface area contributed by atoms with E-state index in [0.29, 0.717) is 11.3 Å². The standard InChI is InChI=1S/C21H21FN2O3/c1-11(2)18-19(13-4-6-14(22)7-5-13)16-9-8-15(25)10-17(16)24-20(18)23-12(3)21(26)27/h4-12,25H,1-3H3,(H,23,24)(H,26,27)/t12-/m0/s1. The van der Waals surface area contributed by atoms with Crippen molar-refractivity contribution in [1.29, 1.82) is 0 Å². The lowest BCUT2D eigenvalue weighted by Crippen LogP contribution is -2.27. The summed E-state index contributed by atoms with van der Waals surface area (Å²) in [5, 5.41) is 22.9. The van der Waals surface area contributed by atoms with Gasteiger partial charge in [-0.3, -0.25) is 4.79 Å². The number of hydrogen-bond donors (Lipinski definition) is 3. The quantitative estimate of drug-likeness (QED) is 0.605. The molecule has 3 aromatic rings. The molecular weight excluding hydrogens is 347 g/mol. The monoisotopic (exact) mass is 368 g/mol. The van der Waals surface area contributed by atoms with E-state index in [4.69, 9.17) is 0 Å². The van der Waals surface area contributed by atoms with E-state index in [1.54, 1.807) is 31.2 Å². The normalized spacial score (nSPS) is 12.3. The van der Waals surface area contributed by atoms with Gasteiger partial charge in [0.2, 0.25) is 0 Å². The maximum atomic E-state index is 13.4. The Balaban J connectivity index is 2.36. The fraction of sp³-hybridized carbons (Fsp3) is 0.238. The smallest absolute Gasteiger partial charge is 0.325 e. The third-order valence-corrected chi connectivity index (χ3v) is 4.44. The number of fused-ring (bicyclic) bond motifs is 1. The number of carboxylic acid groups (broad SMARTS) is 1. The SMILES string of the molecule is CC(C)c1c(N[C@@H](C)C(=O)O)nc2cc(O)ccc2c1-c1ccc(F)cc1. The van der Waals surface area contributed by atoms with E-state index in [1.807, 2.05) is 13.8 Å². The topological polar surface area (TPSA) is 82.5 Å². The van der Waals surface area contributed by atoms with Gasteiger partial charge in [-0.1, -0.05) is 26.0 Å². The number of anilines is 1. The molecule has 0 bridgehead atoms. The van der Waals surface area contributed by atoms with Crippen LogP contribution in [0.25, 0.3) is 22.0 Å². The summed E-state index contributed by atoms with van der Waals surface area (Å²) < 4.78 is 13.4. The van der Waals surface area contributed by atoms with Crippen LogP contribution in [0.3, 0.4) is 0 Å². The van der Waals surface area contributed by atoms with Gasteiger partial charge < -0.3 is 15.5 Å². The Morgan fingerprint density at radius 3 is 2.37 bits per heavy atom. The van der Waals surface area contributed by atoms with E-state index in [9.17, 15) is 19.4 Å². The third-order valence-electron chi connectivity index (χ3n) is 4.44. The molecule has 1 heterocycles. The van der Waals surface area contributed by atoms with Crippen LogP contribution in [-0.4, -0.2) is 27.2 Å². The zero-order valence-electron chi connectivity index (χ0n) is 15.3. The largest absolute Gasteiger partial charge is 0.508 e. The van der Waals surface area contributed by atoms with Crippen molar-refractivity contribution >= 4 is 22.7 Å². The van der Waals surface area contributed by atoms with Crippen molar-refractivity contribution in [3.05, 3.63) is 53.8 Å². The van der Waals surface area contributed by atoms with E-state index >= 15 is 0 Å². The van der Waals surface area contributed by atoms with E-state index < -0.39 is 12.0 Å². The number of benzene rings is 2. The molecule has 27 heavy (non-hydrogen) atoms. The molecule has 0 aliphatic carbocycles. The van der Waals surface area contributed by atoms with Gasteiger partial charge >= 0.3 is 5.97 Å². The Bertz CT molecular complexity index is 1000. The number of nitrogens with zero attached hydrogens (tertiary/aromatic N) is 1. The Labute approximate surface area is 156 Å². The first-order valence-corrected chi connectivity index (χ1v) is 8.70. The van der Waals surface area contributed by atoms with Gasteiger partial charge in [0.15, 0.2) is 0 Å². The molecule has 0 aliphatic heterocycles. The van der Waals surface area contributed by atoms with Gasteiger partial charge in [-0.05, 0) is 48.2 Å². The van der Waals surface area contributed by atoms with E-state index in [2.05, 4.69) is 10.3 Å². The third kappa shape index (κ3) is 3.69. The summed E-state index contributed by atoms with van der Waals surface area (Å²) in [6.07, 6.45) is 0. The van der Waals surface area contributed by atoms with E-state index in [1.165, 1.54) is 18.2 Å². The second-order valence-electron chi connectivity index (χ2n) is 6.82. The van der Waals surface area contributed by atoms with Crippen molar-refractivity contribution in [3.63, 3.8) is 0 Å². The molecule has 3 rings (SSSR count). The lowest BCUT2D eigenvalue weighted by Gasteiger charge is -2.22. The second-order valence-corrected chi connectivity index (χ2v) is 6.82. The summed E-state index contributed by atoms with van der Waals surface area (Å²) in [7, 11) is 0. The van der Waals surface area contributed by atoms with Gasteiger partial charge in [0.1, 0.15) is 23.4 Å². The van der Waals surface area contributed by atoms with Crippen molar-refractivity contribution in [2.45, 2.75) is 32.7 Å². The number of nitrogens with one attached hydrogen (secondary N) is 1. The van der Waals surface area contributed by atoms with Gasteiger partial charge in [0.05, 0.1) is 5.52 Å². The average molecular weight is 368 g/mol. The van der Waals surface area contributed by atoms with Crippen LogP contribution in [0.4, 0.5) is 10.2 Å². The zero-order chi connectivity index (χ0) is 19.7. The molecule has 0 unspecified atom stereocenters. The minimum atomic E-state index is -0.995. The Morgan fingerprint density at radius 2 is 1.78 bits per heavy atom. The lowest BCUT2D eigenvalue weighted by molar-refractivity contribution is -0.137. The molecule has 0 radical (unpaired) electrons. The number of aromatic hydroxyl groups is 1. The van der Waals surface area contributed by atoms with Crippen LogP contribution in [0.15, 0.2) is 42.5 Å². The molecule has 0 spiro atoms. The molecule has 5 nitrogen and oxygen atoms in total. The van der Waals surface area contributed by atoms with Crippen LogP contribution in [0.2, 0.25) is 0 Å². The summed E-state index contributed by atoms with van der Waals surface area (Å²) >= 11 is 0. The molecule has 1 atom stereocenters. The molecule has 2 aromatic carbocycles. The minimum absolute atomic E-state index is 0.0271. The predicted molar refractivity (Wildman–Crippen MR) is 104 cm³/mol. The predicted octanol–water partition coefficient (Wildman–Crippen LogP) is 4.75. The number of rotatable bonds is 5. The highest BCUT2D eigenvalue weighted by molar-refractivity contribution is 5.99. The van der Waals surface area contributed by atoms with Crippen molar-refractivity contribution in [1.82, 2.24) is 4.98 Å². The van der Waals surface area contributed by atoms with E-state index in [-0.39, 0.29) is 17.5 Å². The van der Waals surface area contributed by atoms with E-state index in [0.717, 1.165) is 22.1 Å². The molecule has 0 aliphatic rings. The molecule has 3 N–H and O–H groups in total. The molecule has 6 heteroatoms. The first-order chi connectivity index (χ1) is 12.8. The fourth-order valence-electron chi connectivity index (χ4n) is 3.13. The number of halogens is 1. The number of pyridine rings is 1. The molecular formula is C21H21FN2O3. The Kier molecular flexibility index (Phi) is 4.99. The van der Waals surface area contributed by atoms with Crippen LogP contribution >= 0.6 is 0 Å². The number of phenolic OH excluding ortho intramolecular Hbond substituents is 1. The van der Waals surface area contributed by atoms with Crippen LogP contribution in [0.1, 0.15) is 32.3 Å². The lowest BCUT2D eigenvalue weighted by atomic mass is 9.89. The van der Waals surface area contributed by atoms with Crippen LogP contribution in [0.5, 0.6) is 5.75 Å². The average Bonchev–Trinajstić information content (AvgIpc) is 2.60. The van der Waals surface area contributed by atoms with Crippen LogP contribution in [0, 0.1) is 5.82 Å². The minimum Gasteiger partial charge on any atom is -0.508 e. The second kappa shape index (κ2) is 7.23. The molecule has 0 saturated carbocycles. The summed E-state index contributed by atoms with van der Waals surface area (Å²) in [4.78, 5) is 15.9. The highest BCUT2D eigenvalue weighted by atomic mass is 19.1. The number of phenols is 1. The zero-order valence-corrected chi connectivity index (χ0v) is 15.3. The van der Waals surface area contributed by atoms with Crippen LogP contribution in [-0.2, 0) is 4.79 Å². The van der Waals surface area contributed by atoms with Crippen molar-refractivity contribution in [3.8, 4) is 16.9 Å². The molecule has 0 saturated heterocycles. The maximum Gasteiger partial charge on any atom is 0.325 e. The van der Waals surface area contributed by atoms with Gasteiger partial charge in [-0.2, -0.15) is 0 Å². The molecule has 0 amide bonds. The summed E-state index contributed by atoms with van der Waals surface area (Å²) in [5.74, 6) is -0.796. The summed E-state index contributed by atoms with van der Waals surface area (Å²) in [6.45, 7) is 5.53. The molecule has 140 valence electrons. The van der Waals surface area contributed by atoms with Gasteiger partial charge in [0, 0.05) is 17.0 Å². The summed E-state index contributed by atoms with van der Waals surface area (Å²) in [6, 6.07) is 10.2. The number of aromatic nitrogens is 1. The highest BCUT2D eigenvalue weighted by Crippen LogP contribution is 2.40. The number of carboxylic acids is 1. The first kappa shape index (κ1) is 18.6. The first-order valence-electron chi connectivity index (χ1n) is 8.70. The maximum absolute atomic E-state index is 13.4. The van der Waals surface area contributed by atoms with Crippen LogP contribution < -0.4 is 5.32 Å². The number of aliphatic carboxylic acids is 1. The van der Waals surface area contributed by atoms with Crippen molar-refractivity contribution in [2.75, 3.05) is 5.32 Å². The molecule has 0 fully saturated rings. The van der Waals surface area contributed by atoms with Gasteiger partial charge in [0.25, 0.3) is 0 Å². The fourth-order valence-corrected chi connectivity index (χ4v) is 3.13. The summed E-state index contributed by atoms with van der Waals surface area (Å²) in [5.41, 5.74) is 3.01. The molecule has 1 aromatic heterocycles. The van der Waals surface area contributed by atoms with Crippen molar-refractivity contribution in [2.24, 2.45) is 0 Å². The van der Waals surface area contributed by atoms with Gasteiger partial charge in [-0.25, -0.2) is 9.37 Å². The Morgan fingerprint density at radius 1 is 1.11 bits per heavy atom. The highest BCUT2D eigenvalue weighted by Gasteiger charge is 2.22. The Hall–Kier alpha value is -3.15.